The van der Waals surface area contributed by atoms with Gasteiger partial charge in [-0.1, -0.05) is 0 Å². The van der Waals surface area contributed by atoms with Gasteiger partial charge in [-0.2, -0.15) is 0 Å². The summed E-state index contributed by atoms with van der Waals surface area (Å²) in [5, 5.41) is 0. The normalized spacial score (nSPS) is 11.2. The molecule has 5 nitrogen and oxygen atoms in total. The molecule has 0 atom stereocenters. The molecule has 0 spiro atoms. The van der Waals surface area contributed by atoms with E-state index in [0.717, 1.165) is 0 Å². The van der Waals surface area contributed by atoms with Gasteiger partial charge in [-0.3, -0.25) is 4.79 Å². The van der Waals surface area contributed by atoms with Crippen LogP contribution in [0.25, 0.3) is 0 Å². The van der Waals surface area contributed by atoms with Crippen LogP contribution in [0.1, 0.15) is 0 Å². The zero-order valence-electron chi connectivity index (χ0n) is 4.70. The summed E-state index contributed by atoms with van der Waals surface area (Å²) in [6.45, 7) is 0. The number of amides is 1. The minimum Gasteiger partial charge on any atom is -0.369 e. The summed E-state index contributed by atoms with van der Waals surface area (Å²) >= 11 is 0. The quantitative estimate of drug-likeness (QED) is 0.479. The summed E-state index contributed by atoms with van der Waals surface area (Å²) in [6.07, 6.45) is 0. The van der Waals surface area contributed by atoms with Gasteiger partial charge in [0, 0.05) is 0 Å². The molecule has 0 rings (SSSR count). The molecule has 0 fully saturated rings. The first-order valence-electron chi connectivity index (χ1n) is 2.17. The molecule has 0 aliphatic rings. The predicted molar refractivity (Wildman–Crippen MR) is 32.0 cm³/mol. The second-order valence-corrected chi connectivity index (χ2v) is 3.63. The molecule has 0 saturated carbocycles. The fraction of sp³-hybridized carbons (Fsp3) is 0.667. The number of rotatable bonds is 3. The molecule has 0 radical (unpaired) electrons. The van der Waals surface area contributed by atoms with Crippen LogP contribution in [0.4, 0.5) is 0 Å². The van der Waals surface area contributed by atoms with Gasteiger partial charge in [0.2, 0.25) is 5.91 Å². The largest absolute Gasteiger partial charge is 0.369 e. The second kappa shape index (κ2) is 2.79. The van der Waals surface area contributed by atoms with Gasteiger partial charge in [-0.05, 0) is 0 Å². The van der Waals surface area contributed by atoms with Crippen LogP contribution in [-0.4, -0.2) is 26.0 Å². The fourth-order valence-electron chi connectivity index (χ4n) is 0.276. The van der Waals surface area contributed by atoms with Crippen molar-refractivity contribution >= 4 is 15.7 Å². The molecule has 9 heavy (non-hydrogen) atoms. The van der Waals surface area contributed by atoms with Gasteiger partial charge in [0.1, 0.15) is 5.75 Å². The average molecular weight is 152 g/mol. The second-order valence-electron chi connectivity index (χ2n) is 1.52. The van der Waals surface area contributed by atoms with Crippen molar-refractivity contribution in [1.29, 1.82) is 0 Å². The molecule has 54 valence electrons. The minimum atomic E-state index is -3.42. The van der Waals surface area contributed by atoms with Crippen molar-refractivity contribution in [2.75, 3.05) is 11.6 Å². The van der Waals surface area contributed by atoms with Crippen LogP contribution in [0.15, 0.2) is 0 Å². The van der Waals surface area contributed by atoms with E-state index in [0.29, 0.717) is 0 Å². The lowest BCUT2D eigenvalue weighted by molar-refractivity contribution is -0.115. The Morgan fingerprint density at radius 1 is 1.44 bits per heavy atom. The summed E-state index contributed by atoms with van der Waals surface area (Å²) in [5.74, 6) is -2.07. The molecule has 0 aliphatic carbocycles. The molecule has 0 heterocycles. The Kier molecular flexibility index (Phi) is 2.60. The molecule has 0 aromatic rings. The number of carbonyl (C=O) groups is 1. The standard InChI is InChI=1S/C3H8N2O3S/c4-2-9(7,8)1-3(5)6/h1-2,4H2,(H2,5,6). The van der Waals surface area contributed by atoms with E-state index in [1.165, 1.54) is 0 Å². The van der Waals surface area contributed by atoms with Crippen LogP contribution < -0.4 is 11.5 Å². The van der Waals surface area contributed by atoms with Crippen molar-refractivity contribution in [3.63, 3.8) is 0 Å². The van der Waals surface area contributed by atoms with E-state index < -0.39 is 27.4 Å². The number of primary amides is 1. The van der Waals surface area contributed by atoms with Gasteiger partial charge in [0.25, 0.3) is 0 Å². The number of hydrogen-bond donors (Lipinski definition) is 2. The molecular weight excluding hydrogens is 144 g/mol. The van der Waals surface area contributed by atoms with Crippen LogP contribution in [0, 0.1) is 0 Å². The molecule has 0 saturated heterocycles. The number of carbonyl (C=O) groups excluding carboxylic acids is 1. The van der Waals surface area contributed by atoms with Gasteiger partial charge in [-0.25, -0.2) is 8.42 Å². The summed E-state index contributed by atoms with van der Waals surface area (Å²) in [4.78, 5) is 9.96. The van der Waals surface area contributed by atoms with Crippen LogP contribution >= 0.6 is 0 Å². The maximum atomic E-state index is 10.4. The molecule has 6 heteroatoms. The third kappa shape index (κ3) is 3.92. The summed E-state index contributed by atoms with van der Waals surface area (Å²) in [7, 11) is -3.42. The van der Waals surface area contributed by atoms with Crippen LogP contribution in [-0.2, 0) is 14.6 Å². The maximum absolute atomic E-state index is 10.4. The highest BCUT2D eigenvalue weighted by atomic mass is 32.2. The van der Waals surface area contributed by atoms with E-state index >= 15 is 0 Å². The Morgan fingerprint density at radius 3 is 2.00 bits per heavy atom. The lowest BCUT2D eigenvalue weighted by atomic mass is 10.8. The highest BCUT2D eigenvalue weighted by Gasteiger charge is 2.10. The van der Waals surface area contributed by atoms with Crippen molar-refractivity contribution < 1.29 is 13.2 Å². The topological polar surface area (TPSA) is 103 Å². The Labute approximate surface area is 52.9 Å². The molecule has 0 aromatic heterocycles. The summed E-state index contributed by atoms with van der Waals surface area (Å²) < 4.78 is 20.8. The molecular formula is C3H8N2O3S. The van der Waals surface area contributed by atoms with Crippen LogP contribution in [0.2, 0.25) is 0 Å². The molecule has 4 N–H and O–H groups in total. The predicted octanol–water partition coefficient (Wildman–Crippen LogP) is -2.20. The van der Waals surface area contributed by atoms with Crippen molar-refractivity contribution in [2.24, 2.45) is 11.5 Å². The first kappa shape index (κ1) is 8.38. The lowest BCUT2D eigenvalue weighted by Gasteiger charge is -1.93. The van der Waals surface area contributed by atoms with E-state index in [1.54, 1.807) is 0 Å². The first-order valence-corrected chi connectivity index (χ1v) is 3.99. The lowest BCUT2D eigenvalue weighted by Crippen LogP contribution is -2.27. The highest BCUT2D eigenvalue weighted by molar-refractivity contribution is 7.92. The third-order valence-electron chi connectivity index (χ3n) is 0.616. The van der Waals surface area contributed by atoms with Crippen molar-refractivity contribution in [3.05, 3.63) is 0 Å². The Bertz CT molecular complexity index is 195. The molecule has 0 bridgehead atoms. The van der Waals surface area contributed by atoms with E-state index in [9.17, 15) is 13.2 Å². The van der Waals surface area contributed by atoms with E-state index in [1.807, 2.05) is 0 Å². The van der Waals surface area contributed by atoms with Gasteiger partial charge in [-0.15, -0.1) is 0 Å². The van der Waals surface area contributed by atoms with Gasteiger partial charge in [0.05, 0.1) is 5.88 Å². The summed E-state index contributed by atoms with van der Waals surface area (Å²) in [5.41, 5.74) is 9.34. The van der Waals surface area contributed by atoms with Gasteiger partial charge < -0.3 is 11.5 Å². The Hall–Kier alpha value is -0.620. The molecule has 1 amide bonds. The van der Waals surface area contributed by atoms with Gasteiger partial charge in [0.15, 0.2) is 9.84 Å². The number of hydrogen-bond acceptors (Lipinski definition) is 4. The van der Waals surface area contributed by atoms with E-state index in [4.69, 9.17) is 5.73 Å². The van der Waals surface area contributed by atoms with Gasteiger partial charge >= 0.3 is 0 Å². The Morgan fingerprint density at radius 2 is 1.89 bits per heavy atom. The molecule has 0 aliphatic heterocycles. The fourth-order valence-corrected chi connectivity index (χ4v) is 0.827. The maximum Gasteiger partial charge on any atom is 0.232 e. The molecule has 0 unspecified atom stereocenters. The number of nitrogens with two attached hydrogens (primary N) is 2. The minimum absolute atomic E-state index is 0.532. The van der Waals surface area contributed by atoms with Crippen molar-refractivity contribution in [2.45, 2.75) is 0 Å². The SMILES string of the molecule is NCS(=O)(=O)CC(N)=O. The van der Waals surface area contributed by atoms with E-state index in [2.05, 4.69) is 5.73 Å². The highest BCUT2D eigenvalue weighted by Crippen LogP contribution is 1.82. The van der Waals surface area contributed by atoms with Crippen LogP contribution in [0.5, 0.6) is 0 Å². The van der Waals surface area contributed by atoms with E-state index in [-0.39, 0.29) is 0 Å². The summed E-state index contributed by atoms with van der Waals surface area (Å²) in [6, 6.07) is 0. The average Bonchev–Trinajstić information content (AvgIpc) is 1.63. The van der Waals surface area contributed by atoms with Crippen molar-refractivity contribution in [3.8, 4) is 0 Å². The zero-order chi connectivity index (χ0) is 7.49. The smallest absolute Gasteiger partial charge is 0.232 e. The Balaban J connectivity index is 4.06. The van der Waals surface area contributed by atoms with Crippen molar-refractivity contribution in [1.82, 2.24) is 0 Å². The zero-order valence-corrected chi connectivity index (χ0v) is 5.52. The molecule has 0 aromatic carbocycles. The number of sulfone groups is 1. The first-order chi connectivity index (χ1) is 3.98. The van der Waals surface area contributed by atoms with Crippen LogP contribution in [0.3, 0.4) is 0 Å². The monoisotopic (exact) mass is 152 g/mol. The third-order valence-corrected chi connectivity index (χ3v) is 1.85.